The molecule has 1 aliphatic carbocycles. The van der Waals surface area contributed by atoms with Gasteiger partial charge in [0.2, 0.25) is 11.8 Å². The van der Waals surface area contributed by atoms with E-state index in [9.17, 15) is 9.59 Å². The SMILES string of the molecule is O=C1Nc2ccccc2C1C1CCN(C(=O)[C@@]23CCCC[C@H]2CNC3)CC1. The molecule has 2 amide bonds. The molecule has 5 rings (SSSR count). The number of carbonyl (C=O) groups excluding carboxylic acids is 2. The largest absolute Gasteiger partial charge is 0.342 e. The Balaban J connectivity index is 1.28. The predicted molar refractivity (Wildman–Crippen MR) is 104 cm³/mol. The van der Waals surface area contributed by atoms with Crippen molar-refractivity contribution in [3.8, 4) is 0 Å². The number of nitrogens with zero attached hydrogens (tertiary/aromatic N) is 1. The number of benzene rings is 1. The maximum absolute atomic E-state index is 13.5. The number of nitrogens with one attached hydrogen (secondary N) is 2. The molecule has 27 heavy (non-hydrogen) atoms. The molecule has 2 saturated heterocycles. The van der Waals surface area contributed by atoms with Crippen LogP contribution in [0.2, 0.25) is 0 Å². The van der Waals surface area contributed by atoms with Gasteiger partial charge >= 0.3 is 0 Å². The molecule has 1 unspecified atom stereocenters. The molecule has 0 bridgehead atoms. The molecule has 3 fully saturated rings. The molecule has 3 aliphatic heterocycles. The standard InChI is InChI=1S/C22H29N3O2/c26-20-19(17-6-1-2-7-18(17)24-20)15-8-11-25(12-9-15)21(27)22-10-4-3-5-16(22)13-23-14-22/h1-2,6-7,15-16,19,23H,3-5,8-14H2,(H,24,26)/t16-,19?,22+/m0/s1. The highest BCUT2D eigenvalue weighted by molar-refractivity contribution is 6.03. The Morgan fingerprint density at radius 1 is 1.11 bits per heavy atom. The van der Waals surface area contributed by atoms with E-state index in [1.807, 2.05) is 18.2 Å². The van der Waals surface area contributed by atoms with Crippen molar-refractivity contribution in [2.45, 2.75) is 44.4 Å². The van der Waals surface area contributed by atoms with E-state index in [0.29, 0.717) is 17.7 Å². The van der Waals surface area contributed by atoms with E-state index in [1.165, 1.54) is 19.3 Å². The topological polar surface area (TPSA) is 61.4 Å². The van der Waals surface area contributed by atoms with E-state index in [0.717, 1.165) is 56.7 Å². The maximum Gasteiger partial charge on any atom is 0.232 e. The minimum absolute atomic E-state index is 0.0489. The van der Waals surface area contributed by atoms with Crippen LogP contribution in [0.1, 0.15) is 50.0 Å². The summed E-state index contributed by atoms with van der Waals surface area (Å²) in [6.07, 6.45) is 6.52. The first-order valence-electron chi connectivity index (χ1n) is 10.6. The van der Waals surface area contributed by atoms with Crippen LogP contribution in [0.4, 0.5) is 5.69 Å². The van der Waals surface area contributed by atoms with Crippen molar-refractivity contribution in [3.63, 3.8) is 0 Å². The average molecular weight is 367 g/mol. The third-order valence-corrected chi connectivity index (χ3v) is 7.60. The monoisotopic (exact) mass is 367 g/mol. The molecular formula is C22H29N3O2. The zero-order valence-electron chi connectivity index (χ0n) is 15.9. The Morgan fingerprint density at radius 3 is 2.78 bits per heavy atom. The van der Waals surface area contributed by atoms with Crippen molar-refractivity contribution >= 4 is 17.5 Å². The first-order chi connectivity index (χ1) is 13.2. The van der Waals surface area contributed by atoms with Gasteiger partial charge in [-0.25, -0.2) is 0 Å². The quantitative estimate of drug-likeness (QED) is 0.845. The Morgan fingerprint density at radius 2 is 1.93 bits per heavy atom. The second kappa shape index (κ2) is 6.62. The molecule has 3 atom stereocenters. The molecule has 144 valence electrons. The number of carbonyl (C=O) groups is 2. The zero-order valence-corrected chi connectivity index (χ0v) is 15.9. The Kier molecular flexibility index (Phi) is 4.23. The number of hydrogen-bond donors (Lipinski definition) is 2. The van der Waals surface area contributed by atoms with Crippen LogP contribution < -0.4 is 10.6 Å². The first kappa shape index (κ1) is 17.2. The van der Waals surface area contributed by atoms with Gasteiger partial charge in [0.15, 0.2) is 0 Å². The van der Waals surface area contributed by atoms with Crippen LogP contribution in [0, 0.1) is 17.3 Å². The molecule has 1 saturated carbocycles. The van der Waals surface area contributed by atoms with Gasteiger partial charge in [0.05, 0.1) is 11.3 Å². The number of para-hydroxylation sites is 1. The minimum atomic E-state index is -0.150. The lowest BCUT2D eigenvalue weighted by Crippen LogP contribution is -2.52. The molecule has 1 aromatic rings. The zero-order chi connectivity index (χ0) is 18.4. The highest BCUT2D eigenvalue weighted by atomic mass is 16.2. The number of likely N-dealkylation sites (tertiary alicyclic amines) is 1. The van der Waals surface area contributed by atoms with Gasteiger partial charge in [0.25, 0.3) is 0 Å². The van der Waals surface area contributed by atoms with Crippen molar-refractivity contribution in [2.24, 2.45) is 17.3 Å². The van der Waals surface area contributed by atoms with E-state index in [-0.39, 0.29) is 17.2 Å². The predicted octanol–water partition coefficient (Wildman–Crippen LogP) is 2.74. The molecule has 2 N–H and O–H groups in total. The molecule has 1 aromatic carbocycles. The van der Waals surface area contributed by atoms with Crippen LogP contribution in [-0.2, 0) is 9.59 Å². The lowest BCUT2D eigenvalue weighted by molar-refractivity contribution is -0.147. The van der Waals surface area contributed by atoms with Crippen molar-refractivity contribution < 1.29 is 9.59 Å². The smallest absolute Gasteiger partial charge is 0.232 e. The fourth-order valence-corrected chi connectivity index (χ4v) is 6.12. The highest BCUT2D eigenvalue weighted by Crippen LogP contribution is 2.46. The van der Waals surface area contributed by atoms with Gasteiger partial charge in [-0.05, 0) is 55.7 Å². The molecular weight excluding hydrogens is 338 g/mol. The lowest BCUT2D eigenvalue weighted by atomic mass is 9.67. The van der Waals surface area contributed by atoms with Crippen LogP contribution in [-0.4, -0.2) is 42.9 Å². The van der Waals surface area contributed by atoms with E-state index in [4.69, 9.17) is 0 Å². The summed E-state index contributed by atoms with van der Waals surface area (Å²) in [4.78, 5) is 28.1. The summed E-state index contributed by atoms with van der Waals surface area (Å²) in [7, 11) is 0. The number of fused-ring (bicyclic) bond motifs is 2. The molecule has 5 nitrogen and oxygen atoms in total. The van der Waals surface area contributed by atoms with Gasteiger partial charge in [-0.1, -0.05) is 31.0 Å². The van der Waals surface area contributed by atoms with Crippen molar-refractivity contribution in [1.82, 2.24) is 10.2 Å². The fourth-order valence-electron chi connectivity index (χ4n) is 6.12. The van der Waals surface area contributed by atoms with Crippen LogP contribution in [0.25, 0.3) is 0 Å². The molecule has 0 spiro atoms. The van der Waals surface area contributed by atoms with Crippen molar-refractivity contribution in [1.29, 1.82) is 0 Å². The summed E-state index contributed by atoms with van der Waals surface area (Å²) < 4.78 is 0. The number of anilines is 1. The summed E-state index contributed by atoms with van der Waals surface area (Å²) in [5, 5.41) is 6.53. The van der Waals surface area contributed by atoms with Gasteiger partial charge in [-0.3, -0.25) is 9.59 Å². The lowest BCUT2D eigenvalue weighted by Gasteiger charge is -2.43. The van der Waals surface area contributed by atoms with Gasteiger partial charge < -0.3 is 15.5 Å². The van der Waals surface area contributed by atoms with E-state index in [2.05, 4.69) is 21.6 Å². The molecule has 5 heteroatoms. The summed E-state index contributed by atoms with van der Waals surface area (Å²) >= 11 is 0. The van der Waals surface area contributed by atoms with Crippen LogP contribution >= 0.6 is 0 Å². The van der Waals surface area contributed by atoms with Gasteiger partial charge in [-0.15, -0.1) is 0 Å². The summed E-state index contributed by atoms with van der Waals surface area (Å²) in [5.41, 5.74) is 1.95. The van der Waals surface area contributed by atoms with Crippen LogP contribution in [0.5, 0.6) is 0 Å². The highest BCUT2D eigenvalue weighted by Gasteiger charge is 2.52. The molecule has 0 aromatic heterocycles. The number of hydrogen-bond acceptors (Lipinski definition) is 3. The molecule has 3 heterocycles. The summed E-state index contributed by atoms with van der Waals surface area (Å²) in [6, 6.07) is 8.05. The Bertz CT molecular complexity index is 756. The van der Waals surface area contributed by atoms with E-state index >= 15 is 0 Å². The summed E-state index contributed by atoms with van der Waals surface area (Å²) in [6.45, 7) is 3.45. The van der Waals surface area contributed by atoms with Crippen molar-refractivity contribution in [3.05, 3.63) is 29.8 Å². The molecule has 4 aliphatic rings. The summed E-state index contributed by atoms with van der Waals surface area (Å²) in [5.74, 6) is 1.31. The first-order valence-corrected chi connectivity index (χ1v) is 10.6. The second-order valence-electron chi connectivity index (χ2n) is 8.91. The normalized spacial score (nSPS) is 33.5. The minimum Gasteiger partial charge on any atom is -0.342 e. The van der Waals surface area contributed by atoms with Crippen LogP contribution in [0.3, 0.4) is 0 Å². The Labute approximate surface area is 160 Å². The van der Waals surface area contributed by atoms with Crippen LogP contribution in [0.15, 0.2) is 24.3 Å². The van der Waals surface area contributed by atoms with E-state index in [1.54, 1.807) is 0 Å². The number of rotatable bonds is 2. The number of amides is 2. The average Bonchev–Trinajstić information content (AvgIpc) is 3.28. The van der Waals surface area contributed by atoms with Gasteiger partial charge in [-0.2, -0.15) is 0 Å². The Hall–Kier alpha value is -1.88. The third-order valence-electron chi connectivity index (χ3n) is 7.60. The van der Waals surface area contributed by atoms with Gasteiger partial charge in [0, 0.05) is 25.3 Å². The second-order valence-corrected chi connectivity index (χ2v) is 8.91. The number of piperidine rings is 1. The fraction of sp³-hybridized carbons (Fsp3) is 0.636. The molecule has 0 radical (unpaired) electrons. The van der Waals surface area contributed by atoms with Crippen molar-refractivity contribution in [2.75, 3.05) is 31.5 Å². The van der Waals surface area contributed by atoms with Gasteiger partial charge in [0.1, 0.15) is 0 Å². The third kappa shape index (κ3) is 2.70. The van der Waals surface area contributed by atoms with E-state index < -0.39 is 0 Å². The maximum atomic E-state index is 13.5.